The minimum Gasteiger partial charge on any atom is -0.354 e. The van der Waals surface area contributed by atoms with Crippen molar-refractivity contribution in [2.75, 3.05) is 24.7 Å². The van der Waals surface area contributed by atoms with Crippen molar-refractivity contribution >= 4 is 34.5 Å². The average molecular weight is 515 g/mol. The zero-order valence-corrected chi connectivity index (χ0v) is 22.6. The summed E-state index contributed by atoms with van der Waals surface area (Å²) in [5.41, 5.74) is 5.70. The average Bonchev–Trinajstić information content (AvgIpc) is 3.15. The summed E-state index contributed by atoms with van der Waals surface area (Å²) in [6.07, 6.45) is 0.431. The van der Waals surface area contributed by atoms with Gasteiger partial charge in [-0.1, -0.05) is 51.1 Å². The lowest BCUT2D eigenvalue weighted by atomic mass is 9.92. The summed E-state index contributed by atoms with van der Waals surface area (Å²) in [5, 5.41) is 9.24. The maximum atomic E-state index is 13.9. The second-order valence-electron chi connectivity index (χ2n) is 11.2. The fraction of sp³-hybridized carbons (Fsp3) is 0.290. The van der Waals surface area contributed by atoms with Gasteiger partial charge in [0.25, 0.3) is 5.91 Å². The molecule has 0 radical (unpaired) electrons. The van der Waals surface area contributed by atoms with Crippen LogP contribution in [0.25, 0.3) is 11.3 Å². The molecule has 0 fully saturated rings. The maximum Gasteiger partial charge on any atom is 0.258 e. The third-order valence-electron chi connectivity index (χ3n) is 6.09. The van der Waals surface area contributed by atoms with Crippen molar-refractivity contribution in [2.24, 2.45) is 5.41 Å². The van der Waals surface area contributed by atoms with E-state index in [0.717, 1.165) is 23.4 Å². The van der Waals surface area contributed by atoms with Gasteiger partial charge in [-0.05, 0) is 72.6 Å². The highest BCUT2D eigenvalue weighted by Crippen LogP contribution is 2.38. The highest BCUT2D eigenvalue weighted by molar-refractivity contribution is 6.37. The Morgan fingerprint density at radius 3 is 2.39 bits per heavy atom. The fourth-order valence-corrected chi connectivity index (χ4v) is 4.46. The molecule has 0 saturated carbocycles. The molecule has 0 unspecified atom stereocenters. The van der Waals surface area contributed by atoms with Gasteiger partial charge in [0.1, 0.15) is 5.82 Å². The lowest BCUT2D eigenvalue weighted by molar-refractivity contribution is -0.123. The summed E-state index contributed by atoms with van der Waals surface area (Å²) in [7, 11) is 4.04. The van der Waals surface area contributed by atoms with Crippen molar-refractivity contribution in [3.8, 4) is 0 Å². The van der Waals surface area contributed by atoms with Crippen molar-refractivity contribution < 1.29 is 14.0 Å². The van der Waals surface area contributed by atoms with Crippen LogP contribution in [-0.4, -0.2) is 30.8 Å². The number of benzene rings is 3. The minimum atomic E-state index is -0.413. The number of nitrogens with one attached hydrogen (secondary N) is 3. The van der Waals surface area contributed by atoms with E-state index in [1.165, 1.54) is 17.7 Å². The van der Waals surface area contributed by atoms with Crippen molar-refractivity contribution in [3.63, 3.8) is 0 Å². The number of carbonyl (C=O) groups excluding carboxylic acids is 2. The normalized spacial score (nSPS) is 14.2. The zero-order chi connectivity index (χ0) is 27.4. The highest BCUT2D eigenvalue weighted by atomic mass is 19.1. The van der Waals surface area contributed by atoms with Crippen LogP contribution in [0.3, 0.4) is 0 Å². The van der Waals surface area contributed by atoms with Gasteiger partial charge < -0.3 is 20.9 Å². The molecule has 0 bridgehead atoms. The van der Waals surface area contributed by atoms with Crippen molar-refractivity contribution in [1.82, 2.24) is 10.2 Å². The Bertz CT molecular complexity index is 1370. The van der Waals surface area contributed by atoms with Gasteiger partial charge in [-0.2, -0.15) is 0 Å². The summed E-state index contributed by atoms with van der Waals surface area (Å²) in [4.78, 5) is 27.6. The molecule has 6 nitrogen and oxygen atoms in total. The Morgan fingerprint density at radius 2 is 1.71 bits per heavy atom. The van der Waals surface area contributed by atoms with E-state index in [9.17, 15) is 14.0 Å². The number of rotatable bonds is 8. The van der Waals surface area contributed by atoms with Gasteiger partial charge in [-0.15, -0.1) is 0 Å². The molecule has 2 amide bonds. The Hall–Kier alpha value is -3.97. The SMILES string of the molecule is CN(C)Cc1ccc(N/C(=C2\C(=O)Nc3cc(F)ccc32)c2cccc(CNC(=O)CC(C)(C)C)c2)cc1. The van der Waals surface area contributed by atoms with Crippen LogP contribution in [0.2, 0.25) is 0 Å². The number of halogens is 1. The minimum absolute atomic E-state index is 0.0106. The van der Waals surface area contributed by atoms with Crippen LogP contribution in [0.1, 0.15) is 49.4 Å². The molecule has 4 rings (SSSR count). The van der Waals surface area contributed by atoms with E-state index in [4.69, 9.17) is 0 Å². The van der Waals surface area contributed by atoms with Crippen LogP contribution >= 0.6 is 0 Å². The summed E-state index contributed by atoms with van der Waals surface area (Å²) in [6.45, 7) is 7.28. The second kappa shape index (κ2) is 11.2. The van der Waals surface area contributed by atoms with Gasteiger partial charge in [0.05, 0.1) is 17.0 Å². The van der Waals surface area contributed by atoms with Gasteiger partial charge in [0.2, 0.25) is 5.91 Å². The maximum absolute atomic E-state index is 13.9. The first-order chi connectivity index (χ1) is 18.0. The van der Waals surface area contributed by atoms with E-state index in [1.807, 2.05) is 83.4 Å². The molecule has 3 N–H and O–H groups in total. The first-order valence-corrected chi connectivity index (χ1v) is 12.7. The number of fused-ring (bicyclic) bond motifs is 1. The van der Waals surface area contributed by atoms with E-state index in [1.54, 1.807) is 6.07 Å². The first kappa shape index (κ1) is 27.1. The third kappa shape index (κ3) is 6.86. The highest BCUT2D eigenvalue weighted by Gasteiger charge is 2.29. The Labute approximate surface area is 223 Å². The molecule has 1 aliphatic rings. The molecular weight excluding hydrogens is 479 g/mol. The lowest BCUT2D eigenvalue weighted by Crippen LogP contribution is -2.27. The first-order valence-electron chi connectivity index (χ1n) is 12.7. The van der Waals surface area contributed by atoms with Crippen LogP contribution in [-0.2, 0) is 22.7 Å². The number of hydrogen-bond acceptors (Lipinski definition) is 4. The fourth-order valence-electron chi connectivity index (χ4n) is 4.46. The van der Waals surface area contributed by atoms with Crippen LogP contribution in [0, 0.1) is 11.2 Å². The molecule has 3 aromatic carbocycles. The van der Waals surface area contributed by atoms with Crippen molar-refractivity contribution in [1.29, 1.82) is 0 Å². The van der Waals surface area contributed by atoms with Crippen LogP contribution in [0.15, 0.2) is 66.7 Å². The van der Waals surface area contributed by atoms with Gasteiger partial charge >= 0.3 is 0 Å². The number of carbonyl (C=O) groups is 2. The van der Waals surface area contributed by atoms with Crippen molar-refractivity contribution in [3.05, 3.63) is 94.8 Å². The molecule has 0 aliphatic carbocycles. The molecule has 0 atom stereocenters. The molecule has 7 heteroatoms. The molecular formula is C31H35FN4O2. The van der Waals surface area contributed by atoms with E-state index in [2.05, 4.69) is 20.9 Å². The van der Waals surface area contributed by atoms with E-state index in [-0.39, 0.29) is 17.2 Å². The summed E-state index contributed by atoms with van der Waals surface area (Å²) in [6, 6.07) is 20.1. The molecule has 0 spiro atoms. The van der Waals surface area contributed by atoms with E-state index >= 15 is 0 Å². The van der Waals surface area contributed by atoms with Crippen molar-refractivity contribution in [2.45, 2.75) is 40.3 Å². The van der Waals surface area contributed by atoms with Gasteiger partial charge in [0.15, 0.2) is 0 Å². The van der Waals surface area contributed by atoms with Gasteiger partial charge in [0, 0.05) is 30.8 Å². The van der Waals surface area contributed by atoms with Gasteiger partial charge in [-0.3, -0.25) is 9.59 Å². The number of anilines is 2. The number of hydrogen-bond donors (Lipinski definition) is 3. The molecule has 38 heavy (non-hydrogen) atoms. The molecule has 1 aliphatic heterocycles. The van der Waals surface area contributed by atoms with Crippen LogP contribution in [0.5, 0.6) is 0 Å². The topological polar surface area (TPSA) is 73.5 Å². The van der Waals surface area contributed by atoms with E-state index in [0.29, 0.717) is 35.5 Å². The summed E-state index contributed by atoms with van der Waals surface area (Å²) < 4.78 is 13.9. The van der Waals surface area contributed by atoms with Gasteiger partial charge in [-0.25, -0.2) is 4.39 Å². The molecule has 198 valence electrons. The number of nitrogens with zero attached hydrogens (tertiary/aromatic N) is 1. The standard InChI is InChI=1S/C31H35FN4O2/c1-31(2,3)17-27(37)33-18-21-7-6-8-22(15-21)29(34-24-12-9-20(10-13-24)19-36(4)5)28-25-14-11-23(32)16-26(25)35-30(28)38/h6-16,34H,17-19H2,1-5H3,(H,33,37)(H,35,38)/b29-28-. The zero-order valence-electron chi connectivity index (χ0n) is 22.6. The second-order valence-corrected chi connectivity index (χ2v) is 11.2. The Kier molecular flexibility index (Phi) is 7.97. The van der Waals surface area contributed by atoms with Crippen LogP contribution < -0.4 is 16.0 Å². The molecule has 0 saturated heterocycles. The van der Waals surface area contributed by atoms with E-state index < -0.39 is 5.82 Å². The lowest BCUT2D eigenvalue weighted by Gasteiger charge is -2.18. The summed E-state index contributed by atoms with van der Waals surface area (Å²) >= 11 is 0. The summed E-state index contributed by atoms with van der Waals surface area (Å²) in [5.74, 6) is -0.728. The quantitative estimate of drug-likeness (QED) is 0.329. The monoisotopic (exact) mass is 514 g/mol. The molecule has 1 heterocycles. The largest absolute Gasteiger partial charge is 0.354 e. The number of amides is 2. The Morgan fingerprint density at radius 1 is 0.974 bits per heavy atom. The predicted octanol–water partition coefficient (Wildman–Crippen LogP) is 5.87. The predicted molar refractivity (Wildman–Crippen MR) is 152 cm³/mol. The molecule has 3 aromatic rings. The Balaban J connectivity index is 1.70. The van der Waals surface area contributed by atoms with Crippen LogP contribution in [0.4, 0.5) is 15.8 Å². The smallest absolute Gasteiger partial charge is 0.258 e. The third-order valence-corrected chi connectivity index (χ3v) is 6.09. The molecule has 0 aromatic heterocycles.